The van der Waals surface area contributed by atoms with Gasteiger partial charge >= 0.3 is 0 Å². The van der Waals surface area contributed by atoms with Crippen molar-refractivity contribution in [3.8, 4) is 11.1 Å². The Morgan fingerprint density at radius 1 is 1.05 bits per heavy atom. The zero-order valence-electron chi connectivity index (χ0n) is 10.9. The van der Waals surface area contributed by atoms with Gasteiger partial charge in [0.25, 0.3) is 0 Å². The summed E-state index contributed by atoms with van der Waals surface area (Å²) >= 11 is 0. The summed E-state index contributed by atoms with van der Waals surface area (Å²) < 4.78 is 26.5. The van der Waals surface area contributed by atoms with Gasteiger partial charge in [0, 0.05) is 18.4 Å². The lowest BCUT2D eigenvalue weighted by Crippen LogP contribution is -2.30. The molecule has 1 aromatic carbocycles. The molecule has 1 N–H and O–H groups in total. The molecule has 1 heterocycles. The van der Waals surface area contributed by atoms with Gasteiger partial charge in [-0.3, -0.25) is 4.98 Å². The predicted molar refractivity (Wildman–Crippen MR) is 75.1 cm³/mol. The maximum absolute atomic E-state index is 12.0. The summed E-state index contributed by atoms with van der Waals surface area (Å²) in [6.45, 7) is 3.59. The van der Waals surface area contributed by atoms with E-state index in [9.17, 15) is 8.42 Å². The molecule has 0 aliphatic heterocycles. The molecule has 0 saturated carbocycles. The molecule has 1 aromatic heterocycles. The van der Waals surface area contributed by atoms with Crippen molar-refractivity contribution < 1.29 is 8.42 Å². The summed E-state index contributed by atoms with van der Waals surface area (Å²) in [5, 5.41) is 0. The Balaban J connectivity index is 2.29. The lowest BCUT2D eigenvalue weighted by atomic mass is 10.1. The van der Waals surface area contributed by atoms with E-state index in [1.54, 1.807) is 50.5 Å². The molecule has 100 valence electrons. The zero-order chi connectivity index (χ0) is 13.9. The fraction of sp³-hybridized carbons (Fsp3) is 0.214. The summed E-state index contributed by atoms with van der Waals surface area (Å²) in [7, 11) is -3.42. The van der Waals surface area contributed by atoms with E-state index in [2.05, 4.69) is 9.71 Å². The zero-order valence-corrected chi connectivity index (χ0v) is 11.7. The van der Waals surface area contributed by atoms with Gasteiger partial charge in [-0.25, -0.2) is 13.1 Å². The minimum atomic E-state index is -3.42. The number of pyridine rings is 1. The van der Waals surface area contributed by atoms with Gasteiger partial charge < -0.3 is 0 Å². The second-order valence-corrected chi connectivity index (χ2v) is 6.26. The van der Waals surface area contributed by atoms with E-state index in [-0.39, 0.29) is 10.9 Å². The van der Waals surface area contributed by atoms with Crippen molar-refractivity contribution in [1.82, 2.24) is 9.71 Å². The number of hydrogen-bond donors (Lipinski definition) is 1. The molecule has 0 fully saturated rings. The number of nitrogens with zero attached hydrogens (tertiary/aromatic N) is 1. The molecule has 0 amide bonds. The molecular weight excluding hydrogens is 260 g/mol. The molecule has 2 rings (SSSR count). The van der Waals surface area contributed by atoms with Gasteiger partial charge in [-0.05, 0) is 43.2 Å². The van der Waals surface area contributed by atoms with E-state index < -0.39 is 10.0 Å². The molecule has 0 saturated heterocycles. The molecule has 0 aliphatic rings. The Kier molecular flexibility index (Phi) is 3.97. The van der Waals surface area contributed by atoms with E-state index in [4.69, 9.17) is 0 Å². The fourth-order valence-corrected chi connectivity index (χ4v) is 2.99. The van der Waals surface area contributed by atoms with Gasteiger partial charge in [0.2, 0.25) is 10.0 Å². The van der Waals surface area contributed by atoms with Gasteiger partial charge in [0.1, 0.15) is 0 Å². The Morgan fingerprint density at radius 3 is 2.26 bits per heavy atom. The molecule has 0 aliphatic carbocycles. The van der Waals surface area contributed by atoms with Crippen LogP contribution in [0.5, 0.6) is 0 Å². The largest absolute Gasteiger partial charge is 0.264 e. The van der Waals surface area contributed by atoms with Crippen LogP contribution in [0.25, 0.3) is 11.1 Å². The summed E-state index contributed by atoms with van der Waals surface area (Å²) in [6.07, 6.45) is 3.45. The summed E-state index contributed by atoms with van der Waals surface area (Å²) in [4.78, 5) is 4.31. The van der Waals surface area contributed by atoms with Crippen molar-refractivity contribution in [1.29, 1.82) is 0 Å². The highest BCUT2D eigenvalue weighted by Gasteiger charge is 2.14. The summed E-state index contributed by atoms with van der Waals surface area (Å²) in [5.74, 6) is 0. The smallest absolute Gasteiger partial charge is 0.240 e. The lowest BCUT2D eigenvalue weighted by molar-refractivity contribution is 0.570. The molecule has 0 atom stereocenters. The van der Waals surface area contributed by atoms with Crippen molar-refractivity contribution in [3.63, 3.8) is 0 Å². The van der Waals surface area contributed by atoms with Crippen molar-refractivity contribution in [2.24, 2.45) is 0 Å². The first kappa shape index (κ1) is 13.7. The molecule has 19 heavy (non-hydrogen) atoms. The van der Waals surface area contributed by atoms with Crippen molar-refractivity contribution in [2.75, 3.05) is 0 Å². The van der Waals surface area contributed by atoms with Crippen LogP contribution in [0.1, 0.15) is 13.8 Å². The lowest BCUT2D eigenvalue weighted by Gasteiger charge is -2.10. The van der Waals surface area contributed by atoms with Crippen LogP contribution in [0, 0.1) is 0 Å². The number of rotatable bonds is 4. The molecule has 4 nitrogen and oxygen atoms in total. The predicted octanol–water partition coefficient (Wildman–Crippen LogP) is 2.44. The standard InChI is InChI=1S/C14H16N2O2S/c1-11(2)16-19(17,18)14-7-5-12(6-8-14)13-4-3-9-15-10-13/h3-11,16H,1-2H3. The summed E-state index contributed by atoms with van der Waals surface area (Å²) in [5.41, 5.74) is 1.90. The van der Waals surface area contributed by atoms with E-state index in [1.165, 1.54) is 0 Å². The third-order valence-corrected chi connectivity index (χ3v) is 4.22. The average Bonchev–Trinajstić information content (AvgIpc) is 2.38. The minimum Gasteiger partial charge on any atom is -0.264 e. The molecule has 0 bridgehead atoms. The molecule has 5 heteroatoms. The van der Waals surface area contributed by atoms with Crippen LogP contribution in [-0.2, 0) is 10.0 Å². The highest BCUT2D eigenvalue weighted by Crippen LogP contribution is 2.20. The third kappa shape index (κ3) is 3.39. The molecule has 0 spiro atoms. The quantitative estimate of drug-likeness (QED) is 0.933. The molecular formula is C14H16N2O2S. The van der Waals surface area contributed by atoms with Gasteiger partial charge in [-0.15, -0.1) is 0 Å². The van der Waals surface area contributed by atoms with Crippen molar-refractivity contribution in [2.45, 2.75) is 24.8 Å². The first-order valence-electron chi connectivity index (χ1n) is 6.02. The van der Waals surface area contributed by atoms with E-state index >= 15 is 0 Å². The fourth-order valence-electron chi connectivity index (χ4n) is 1.74. The van der Waals surface area contributed by atoms with Crippen LogP contribution in [0.15, 0.2) is 53.7 Å². The number of aromatic nitrogens is 1. The first-order valence-corrected chi connectivity index (χ1v) is 7.50. The Labute approximate surface area is 113 Å². The number of benzene rings is 1. The Morgan fingerprint density at radius 2 is 1.74 bits per heavy atom. The Hall–Kier alpha value is -1.72. The van der Waals surface area contributed by atoms with Crippen LogP contribution >= 0.6 is 0 Å². The van der Waals surface area contributed by atoms with Crippen molar-refractivity contribution in [3.05, 3.63) is 48.8 Å². The molecule has 0 unspecified atom stereocenters. The topological polar surface area (TPSA) is 59.1 Å². The second-order valence-electron chi connectivity index (χ2n) is 4.54. The number of hydrogen-bond acceptors (Lipinski definition) is 3. The number of nitrogens with one attached hydrogen (secondary N) is 1. The van der Waals surface area contributed by atoms with Gasteiger partial charge in [0.15, 0.2) is 0 Å². The van der Waals surface area contributed by atoms with Crippen LogP contribution < -0.4 is 4.72 Å². The SMILES string of the molecule is CC(C)NS(=O)(=O)c1ccc(-c2cccnc2)cc1. The van der Waals surface area contributed by atoms with E-state index in [0.717, 1.165) is 11.1 Å². The first-order chi connectivity index (χ1) is 8.99. The van der Waals surface area contributed by atoms with Crippen molar-refractivity contribution >= 4 is 10.0 Å². The van der Waals surface area contributed by atoms with Crippen LogP contribution in [0.4, 0.5) is 0 Å². The molecule has 2 aromatic rings. The second kappa shape index (κ2) is 5.50. The van der Waals surface area contributed by atoms with E-state index in [1.807, 2.05) is 12.1 Å². The highest BCUT2D eigenvalue weighted by molar-refractivity contribution is 7.89. The maximum Gasteiger partial charge on any atom is 0.240 e. The number of sulfonamides is 1. The van der Waals surface area contributed by atoms with E-state index in [0.29, 0.717) is 0 Å². The minimum absolute atomic E-state index is 0.122. The normalized spacial score (nSPS) is 11.7. The average molecular weight is 276 g/mol. The highest BCUT2D eigenvalue weighted by atomic mass is 32.2. The van der Waals surface area contributed by atoms with Gasteiger partial charge in [-0.2, -0.15) is 0 Å². The van der Waals surface area contributed by atoms with Crippen LogP contribution in [0.2, 0.25) is 0 Å². The Bertz CT molecular complexity index is 635. The van der Waals surface area contributed by atoms with Crippen LogP contribution in [0.3, 0.4) is 0 Å². The third-order valence-electron chi connectivity index (χ3n) is 2.55. The van der Waals surface area contributed by atoms with Gasteiger partial charge in [-0.1, -0.05) is 18.2 Å². The van der Waals surface area contributed by atoms with Gasteiger partial charge in [0.05, 0.1) is 4.90 Å². The monoisotopic (exact) mass is 276 g/mol. The summed E-state index contributed by atoms with van der Waals surface area (Å²) in [6, 6.07) is 10.4. The maximum atomic E-state index is 12.0. The van der Waals surface area contributed by atoms with Crippen LogP contribution in [-0.4, -0.2) is 19.4 Å². The molecule has 0 radical (unpaired) electrons.